The molecule has 4 rings (SSSR count). The van der Waals surface area contributed by atoms with Gasteiger partial charge >= 0.3 is 13.8 Å². The van der Waals surface area contributed by atoms with Crippen LogP contribution in [0.2, 0.25) is 0 Å². The summed E-state index contributed by atoms with van der Waals surface area (Å²) in [5, 5.41) is 8.00. The maximum atomic E-state index is 13.3. The van der Waals surface area contributed by atoms with E-state index in [9.17, 15) is 4.57 Å². The van der Waals surface area contributed by atoms with E-state index in [2.05, 4.69) is 20.2 Å². The fourth-order valence-electron chi connectivity index (χ4n) is 3.68. The Balaban J connectivity index is 1.28. The van der Waals surface area contributed by atoms with Gasteiger partial charge in [-0.25, -0.2) is 4.57 Å². The van der Waals surface area contributed by atoms with Crippen LogP contribution in [0.1, 0.15) is 36.1 Å². The molecule has 2 aromatic carbocycles. The molecule has 0 spiro atoms. The van der Waals surface area contributed by atoms with Gasteiger partial charge in [0.2, 0.25) is 5.88 Å². The van der Waals surface area contributed by atoms with Crippen LogP contribution in [-0.2, 0) is 37.8 Å². The molecule has 0 aliphatic rings. The molecule has 2 heterocycles. The maximum Gasteiger partial charge on any atom is 0.475 e. The molecule has 196 valence electrons. The molecule has 11 heteroatoms. The lowest BCUT2D eigenvalue weighted by Gasteiger charge is -2.18. The van der Waals surface area contributed by atoms with E-state index in [1.54, 1.807) is 7.11 Å². The normalized spacial score (nSPS) is 11.6. The Bertz CT molecular complexity index is 1260. The number of aromatic nitrogens is 4. The highest BCUT2D eigenvalue weighted by atomic mass is 31.2. The molecular weight excluding hydrogens is 495 g/mol. The molecule has 0 atom stereocenters. The van der Waals surface area contributed by atoms with E-state index in [4.69, 9.17) is 23.0 Å². The van der Waals surface area contributed by atoms with Crippen LogP contribution in [0.4, 0.5) is 0 Å². The molecule has 0 fully saturated rings. The number of benzene rings is 2. The van der Waals surface area contributed by atoms with E-state index in [1.807, 2.05) is 60.7 Å². The highest BCUT2D eigenvalue weighted by Gasteiger charge is 2.27. The van der Waals surface area contributed by atoms with E-state index in [-0.39, 0.29) is 25.8 Å². The Morgan fingerprint density at radius 2 is 1.43 bits per heavy atom. The first kappa shape index (κ1) is 26.8. The zero-order valence-corrected chi connectivity index (χ0v) is 21.9. The summed E-state index contributed by atoms with van der Waals surface area (Å²) in [6.07, 6.45) is 3.07. The van der Waals surface area contributed by atoms with Crippen LogP contribution in [-0.4, -0.2) is 41.0 Å². The average molecular weight is 527 g/mol. The minimum atomic E-state index is -3.76. The number of nitrogens with one attached hydrogen (secondary N) is 1. The fourth-order valence-corrected chi connectivity index (χ4v) is 4.87. The van der Waals surface area contributed by atoms with Crippen molar-refractivity contribution in [3.05, 3.63) is 77.5 Å². The summed E-state index contributed by atoms with van der Waals surface area (Å²) >= 11 is 0. The molecule has 0 amide bonds. The summed E-state index contributed by atoms with van der Waals surface area (Å²) in [6.45, 7) is 0.511. The SMILES string of the molecule is COc1nc(OC)c2c(CCCCCOP(=O)(OCc3ccccc3)OCc3ccccc3)[nH]nc2n1. The summed E-state index contributed by atoms with van der Waals surface area (Å²) in [5.41, 5.74) is 3.16. The molecule has 10 nitrogen and oxygen atoms in total. The minimum absolute atomic E-state index is 0.133. The number of aryl methyl sites for hydroxylation is 1. The Kier molecular flexibility index (Phi) is 9.62. The third-order valence-electron chi connectivity index (χ3n) is 5.60. The van der Waals surface area contributed by atoms with Crippen LogP contribution in [0.15, 0.2) is 60.7 Å². The molecular formula is C26H31N4O6P. The smallest absolute Gasteiger partial charge is 0.475 e. The van der Waals surface area contributed by atoms with Crippen molar-refractivity contribution < 1.29 is 27.6 Å². The van der Waals surface area contributed by atoms with Crippen LogP contribution in [0.25, 0.3) is 11.0 Å². The third-order valence-corrected chi connectivity index (χ3v) is 6.98. The number of nitrogens with zero attached hydrogens (tertiary/aromatic N) is 3. The molecule has 0 bridgehead atoms. The van der Waals surface area contributed by atoms with Gasteiger partial charge in [-0.1, -0.05) is 67.1 Å². The van der Waals surface area contributed by atoms with Crippen molar-refractivity contribution in [3.8, 4) is 11.9 Å². The second-order valence-electron chi connectivity index (χ2n) is 8.23. The van der Waals surface area contributed by atoms with Crippen molar-refractivity contribution in [3.63, 3.8) is 0 Å². The Labute approximate surface area is 215 Å². The number of aromatic amines is 1. The number of unbranched alkanes of at least 4 members (excludes halogenated alkanes) is 2. The lowest BCUT2D eigenvalue weighted by Crippen LogP contribution is -2.03. The number of phosphoric acid groups is 1. The molecule has 0 saturated carbocycles. The summed E-state index contributed by atoms with van der Waals surface area (Å²) in [7, 11) is -0.716. The van der Waals surface area contributed by atoms with Gasteiger partial charge in [-0.3, -0.25) is 18.7 Å². The minimum Gasteiger partial charge on any atom is -0.480 e. The van der Waals surface area contributed by atoms with Gasteiger partial charge in [0.25, 0.3) is 0 Å². The lowest BCUT2D eigenvalue weighted by molar-refractivity contribution is 0.101. The van der Waals surface area contributed by atoms with E-state index in [1.165, 1.54) is 7.11 Å². The van der Waals surface area contributed by atoms with Crippen molar-refractivity contribution in [2.75, 3.05) is 20.8 Å². The molecule has 0 aliphatic carbocycles. The van der Waals surface area contributed by atoms with E-state index in [0.717, 1.165) is 41.5 Å². The van der Waals surface area contributed by atoms with Gasteiger partial charge in [0.1, 0.15) is 5.39 Å². The number of rotatable bonds is 15. The number of fused-ring (bicyclic) bond motifs is 1. The maximum absolute atomic E-state index is 13.3. The zero-order chi connectivity index (χ0) is 25.9. The van der Waals surface area contributed by atoms with Crippen molar-refractivity contribution in [2.45, 2.75) is 38.9 Å². The van der Waals surface area contributed by atoms with Crippen LogP contribution in [0.3, 0.4) is 0 Å². The number of hydrogen-bond donors (Lipinski definition) is 1. The van der Waals surface area contributed by atoms with Gasteiger partial charge < -0.3 is 9.47 Å². The molecule has 1 N–H and O–H groups in total. The number of methoxy groups -OCH3 is 2. The quantitative estimate of drug-likeness (QED) is 0.155. The van der Waals surface area contributed by atoms with Crippen molar-refractivity contribution in [1.29, 1.82) is 0 Å². The first-order valence-electron chi connectivity index (χ1n) is 12.0. The van der Waals surface area contributed by atoms with Crippen molar-refractivity contribution in [1.82, 2.24) is 20.2 Å². The van der Waals surface area contributed by atoms with Gasteiger partial charge in [0.05, 0.1) is 39.7 Å². The Morgan fingerprint density at radius 1 is 0.784 bits per heavy atom. The number of H-pyrrole nitrogens is 1. The van der Waals surface area contributed by atoms with Crippen LogP contribution in [0, 0.1) is 0 Å². The largest absolute Gasteiger partial charge is 0.480 e. The monoisotopic (exact) mass is 526 g/mol. The van der Waals surface area contributed by atoms with Crippen LogP contribution in [0.5, 0.6) is 11.9 Å². The predicted octanol–water partition coefficient (Wildman–Crippen LogP) is 5.64. The van der Waals surface area contributed by atoms with Gasteiger partial charge in [-0.2, -0.15) is 15.1 Å². The topological polar surface area (TPSA) is 118 Å². The number of hydrogen-bond acceptors (Lipinski definition) is 9. The van der Waals surface area contributed by atoms with Crippen molar-refractivity contribution >= 4 is 18.9 Å². The number of ether oxygens (including phenoxy) is 2. The second-order valence-corrected chi connectivity index (χ2v) is 9.90. The standard InChI is InChI=1S/C26H31N4O6P/c1-32-25-23-22(29-30-24(23)27-26(28-25)33-2)16-10-5-11-17-34-37(31,35-18-20-12-6-3-7-13-20)36-19-21-14-8-4-9-15-21/h3-4,6-9,12-15H,5,10-11,16-19H2,1-2H3,(H,27,28,29,30). The molecule has 0 unspecified atom stereocenters. The summed E-state index contributed by atoms with van der Waals surface area (Å²) in [6, 6.07) is 19.2. The summed E-state index contributed by atoms with van der Waals surface area (Å²) in [5.74, 6) is 0.418. The third kappa shape index (κ3) is 7.60. The predicted molar refractivity (Wildman–Crippen MR) is 138 cm³/mol. The zero-order valence-electron chi connectivity index (χ0n) is 21.0. The molecule has 2 aromatic heterocycles. The first-order chi connectivity index (χ1) is 18.1. The highest BCUT2D eigenvalue weighted by Crippen LogP contribution is 2.51. The van der Waals surface area contributed by atoms with Gasteiger partial charge in [0.15, 0.2) is 5.65 Å². The fraction of sp³-hybridized carbons (Fsp3) is 0.346. The van der Waals surface area contributed by atoms with Crippen LogP contribution < -0.4 is 9.47 Å². The Hall–Kier alpha value is -3.30. The molecule has 0 saturated heterocycles. The van der Waals surface area contributed by atoms with E-state index in [0.29, 0.717) is 17.9 Å². The van der Waals surface area contributed by atoms with Gasteiger partial charge in [0, 0.05) is 0 Å². The summed E-state index contributed by atoms with van der Waals surface area (Å²) < 4.78 is 40.8. The van der Waals surface area contributed by atoms with Crippen LogP contribution >= 0.6 is 7.82 Å². The van der Waals surface area contributed by atoms with E-state index >= 15 is 0 Å². The first-order valence-corrected chi connectivity index (χ1v) is 13.5. The Morgan fingerprint density at radius 3 is 2.03 bits per heavy atom. The van der Waals surface area contributed by atoms with Crippen molar-refractivity contribution in [2.24, 2.45) is 0 Å². The van der Waals surface area contributed by atoms with Gasteiger partial charge in [-0.15, -0.1) is 0 Å². The average Bonchev–Trinajstić information content (AvgIpc) is 3.36. The summed E-state index contributed by atoms with van der Waals surface area (Å²) in [4.78, 5) is 8.49. The number of phosphoric ester groups is 1. The second kappa shape index (κ2) is 13.3. The highest BCUT2D eigenvalue weighted by molar-refractivity contribution is 7.48. The van der Waals surface area contributed by atoms with E-state index < -0.39 is 7.82 Å². The molecule has 4 aromatic rings. The molecule has 37 heavy (non-hydrogen) atoms. The molecule has 0 radical (unpaired) electrons. The molecule has 0 aliphatic heterocycles. The lowest BCUT2D eigenvalue weighted by atomic mass is 10.1. The van der Waals surface area contributed by atoms with Gasteiger partial charge in [-0.05, 0) is 30.4 Å².